The number of thioether (sulfide) groups is 1. The lowest BCUT2D eigenvalue weighted by Crippen LogP contribution is -2.49. The molecule has 29 heavy (non-hydrogen) atoms. The number of amidine groups is 1. The highest BCUT2D eigenvalue weighted by molar-refractivity contribution is 8.18. The predicted octanol–water partition coefficient (Wildman–Crippen LogP) is 4.39. The van der Waals surface area contributed by atoms with Gasteiger partial charge in [0.05, 0.1) is 15.0 Å². The molecule has 6 nitrogen and oxygen atoms in total. The van der Waals surface area contributed by atoms with E-state index in [4.69, 9.17) is 27.6 Å². The maximum Gasteiger partial charge on any atom is 0.286 e. The highest BCUT2D eigenvalue weighted by Crippen LogP contribution is 2.33. The molecular formula is C20H17Cl2N3O3S. The first-order chi connectivity index (χ1) is 13.9. The van der Waals surface area contributed by atoms with Gasteiger partial charge in [0.1, 0.15) is 11.5 Å². The summed E-state index contributed by atoms with van der Waals surface area (Å²) in [5, 5.41) is 1.59. The van der Waals surface area contributed by atoms with Gasteiger partial charge in [0, 0.05) is 44.7 Å². The summed E-state index contributed by atoms with van der Waals surface area (Å²) >= 11 is 13.3. The average Bonchev–Trinajstić information content (AvgIpc) is 3.31. The first kappa shape index (κ1) is 20.1. The Morgan fingerprint density at radius 1 is 1.14 bits per heavy atom. The number of furan rings is 1. The van der Waals surface area contributed by atoms with Gasteiger partial charge in [0.25, 0.3) is 5.91 Å². The van der Waals surface area contributed by atoms with E-state index in [2.05, 4.69) is 4.99 Å². The van der Waals surface area contributed by atoms with Crippen LogP contribution in [-0.4, -0.2) is 53.0 Å². The zero-order valence-electron chi connectivity index (χ0n) is 15.5. The fourth-order valence-electron chi connectivity index (χ4n) is 3.11. The molecule has 9 heteroatoms. The van der Waals surface area contributed by atoms with E-state index in [1.165, 1.54) is 11.8 Å². The van der Waals surface area contributed by atoms with E-state index in [1.54, 1.807) is 36.1 Å². The van der Waals surface area contributed by atoms with Crippen molar-refractivity contribution >= 4 is 58.0 Å². The monoisotopic (exact) mass is 449 g/mol. The van der Waals surface area contributed by atoms with Crippen LogP contribution in [0.5, 0.6) is 0 Å². The Labute approximate surface area is 182 Å². The molecule has 0 saturated carbocycles. The van der Waals surface area contributed by atoms with Crippen LogP contribution in [0, 0.1) is 0 Å². The number of hydrogen-bond donors (Lipinski definition) is 0. The molecule has 0 bridgehead atoms. The number of aliphatic imine (C=N–C) groups is 1. The maximum atomic E-state index is 12.3. The van der Waals surface area contributed by atoms with E-state index >= 15 is 0 Å². The van der Waals surface area contributed by atoms with Crippen LogP contribution in [0.25, 0.3) is 17.4 Å². The summed E-state index contributed by atoms with van der Waals surface area (Å²) in [6, 6.07) is 8.88. The number of amides is 2. The smallest absolute Gasteiger partial charge is 0.286 e. The molecule has 0 aliphatic carbocycles. The summed E-state index contributed by atoms with van der Waals surface area (Å²) in [6.45, 7) is 4.15. The minimum atomic E-state index is -0.286. The van der Waals surface area contributed by atoms with Crippen molar-refractivity contribution in [3.63, 3.8) is 0 Å². The van der Waals surface area contributed by atoms with Gasteiger partial charge in [-0.2, -0.15) is 4.99 Å². The van der Waals surface area contributed by atoms with E-state index in [1.807, 2.05) is 17.0 Å². The van der Waals surface area contributed by atoms with Crippen LogP contribution in [0.1, 0.15) is 12.7 Å². The highest BCUT2D eigenvalue weighted by Gasteiger charge is 2.29. The summed E-state index contributed by atoms with van der Waals surface area (Å²) in [5.41, 5.74) is 0.801. The summed E-state index contributed by atoms with van der Waals surface area (Å²) in [4.78, 5) is 32.3. The number of hydrogen-bond acceptors (Lipinski definition) is 5. The number of piperazine rings is 1. The molecule has 150 valence electrons. The Hall–Kier alpha value is -2.22. The second-order valence-electron chi connectivity index (χ2n) is 6.63. The summed E-state index contributed by atoms with van der Waals surface area (Å²) in [5.74, 6) is 0.969. The Morgan fingerprint density at radius 2 is 1.90 bits per heavy atom. The average molecular weight is 450 g/mol. The normalized spacial score (nSPS) is 18.5. The fourth-order valence-corrected chi connectivity index (χ4v) is 4.35. The summed E-state index contributed by atoms with van der Waals surface area (Å²) in [6.07, 6.45) is 1.69. The Kier molecular flexibility index (Phi) is 5.72. The van der Waals surface area contributed by atoms with Crippen molar-refractivity contribution < 1.29 is 14.0 Å². The standard InChI is InChI=1S/C20H17Cl2N3O3S/c1-12(26)24-6-8-25(9-7-24)20-23-19(27)18(29-20)11-14-3-5-17(28-14)13-2-4-15(21)16(22)10-13/h2-5,10-11H,6-9H2,1H3. The van der Waals surface area contributed by atoms with Crippen molar-refractivity contribution in [2.45, 2.75) is 6.92 Å². The van der Waals surface area contributed by atoms with E-state index in [0.29, 0.717) is 57.8 Å². The third kappa shape index (κ3) is 4.37. The number of halogens is 2. The van der Waals surface area contributed by atoms with Gasteiger partial charge < -0.3 is 14.2 Å². The van der Waals surface area contributed by atoms with Gasteiger partial charge >= 0.3 is 0 Å². The van der Waals surface area contributed by atoms with E-state index in [-0.39, 0.29) is 11.8 Å². The second kappa shape index (κ2) is 8.26. The van der Waals surface area contributed by atoms with Crippen molar-refractivity contribution in [2.24, 2.45) is 4.99 Å². The molecule has 0 N–H and O–H groups in total. The van der Waals surface area contributed by atoms with Crippen LogP contribution in [0.4, 0.5) is 0 Å². The summed E-state index contributed by atoms with van der Waals surface area (Å²) < 4.78 is 5.84. The highest BCUT2D eigenvalue weighted by atomic mass is 35.5. The number of carbonyl (C=O) groups excluding carboxylic acids is 2. The first-order valence-electron chi connectivity index (χ1n) is 8.99. The fraction of sp³-hybridized carbons (Fsp3) is 0.250. The first-order valence-corrected chi connectivity index (χ1v) is 10.6. The lowest BCUT2D eigenvalue weighted by atomic mass is 10.2. The van der Waals surface area contributed by atoms with Gasteiger partial charge in [0.15, 0.2) is 5.17 Å². The molecule has 1 saturated heterocycles. The number of carbonyl (C=O) groups is 2. The minimum Gasteiger partial charge on any atom is -0.457 e. The predicted molar refractivity (Wildman–Crippen MR) is 116 cm³/mol. The summed E-state index contributed by atoms with van der Waals surface area (Å²) in [7, 11) is 0. The topological polar surface area (TPSA) is 66.1 Å². The third-order valence-electron chi connectivity index (χ3n) is 4.71. The van der Waals surface area contributed by atoms with Gasteiger partial charge in [-0.05, 0) is 42.1 Å². The maximum absolute atomic E-state index is 12.3. The van der Waals surface area contributed by atoms with Crippen LogP contribution in [0.2, 0.25) is 10.0 Å². The van der Waals surface area contributed by atoms with E-state index in [9.17, 15) is 9.59 Å². The molecular weight excluding hydrogens is 433 g/mol. The van der Waals surface area contributed by atoms with Crippen molar-refractivity contribution in [1.29, 1.82) is 0 Å². The molecule has 0 spiro atoms. The zero-order chi connectivity index (χ0) is 20.5. The van der Waals surface area contributed by atoms with Crippen LogP contribution in [0.15, 0.2) is 44.6 Å². The molecule has 2 aliphatic rings. The molecule has 3 heterocycles. The largest absolute Gasteiger partial charge is 0.457 e. The quantitative estimate of drug-likeness (QED) is 0.636. The van der Waals surface area contributed by atoms with Gasteiger partial charge in [-0.25, -0.2) is 0 Å². The lowest BCUT2D eigenvalue weighted by molar-refractivity contribution is -0.130. The molecule has 0 atom stereocenters. The van der Waals surface area contributed by atoms with E-state index < -0.39 is 0 Å². The van der Waals surface area contributed by atoms with Crippen molar-refractivity contribution in [3.05, 3.63) is 51.0 Å². The Bertz CT molecular complexity index is 1040. The van der Waals surface area contributed by atoms with Crippen molar-refractivity contribution in [3.8, 4) is 11.3 Å². The minimum absolute atomic E-state index is 0.0675. The number of rotatable bonds is 2. The van der Waals surface area contributed by atoms with Crippen LogP contribution >= 0.6 is 35.0 Å². The number of nitrogens with zero attached hydrogens (tertiary/aromatic N) is 3. The van der Waals surface area contributed by atoms with Crippen LogP contribution in [0.3, 0.4) is 0 Å². The molecule has 2 aromatic rings. The molecule has 2 amide bonds. The molecule has 1 aromatic heterocycles. The molecule has 1 aromatic carbocycles. The molecule has 4 rings (SSSR count). The van der Waals surface area contributed by atoms with E-state index in [0.717, 1.165) is 5.56 Å². The Balaban J connectivity index is 1.45. The zero-order valence-corrected chi connectivity index (χ0v) is 17.9. The van der Waals surface area contributed by atoms with Crippen molar-refractivity contribution in [1.82, 2.24) is 9.80 Å². The molecule has 1 fully saturated rings. The van der Waals surface area contributed by atoms with Gasteiger partial charge in [-0.1, -0.05) is 23.2 Å². The third-order valence-corrected chi connectivity index (χ3v) is 6.49. The van der Waals surface area contributed by atoms with Crippen molar-refractivity contribution in [2.75, 3.05) is 26.2 Å². The van der Waals surface area contributed by atoms with Crippen LogP contribution < -0.4 is 0 Å². The van der Waals surface area contributed by atoms with Crippen LogP contribution in [-0.2, 0) is 9.59 Å². The van der Waals surface area contributed by atoms with Gasteiger partial charge in [-0.15, -0.1) is 0 Å². The SMILES string of the molecule is CC(=O)N1CCN(C2=NC(=O)C(=Cc3ccc(-c4ccc(Cl)c(Cl)c4)o3)S2)CC1. The molecule has 2 aliphatic heterocycles. The molecule has 0 radical (unpaired) electrons. The second-order valence-corrected chi connectivity index (χ2v) is 8.46. The lowest BCUT2D eigenvalue weighted by Gasteiger charge is -2.34. The van der Waals surface area contributed by atoms with Gasteiger partial charge in [-0.3, -0.25) is 9.59 Å². The Morgan fingerprint density at radius 3 is 2.59 bits per heavy atom. The molecule has 0 unspecified atom stereocenters. The number of benzene rings is 1. The van der Waals surface area contributed by atoms with Gasteiger partial charge in [0.2, 0.25) is 5.91 Å².